The molecule has 0 fully saturated rings. The number of halogens is 1. The molecule has 148 valence electrons. The zero-order chi connectivity index (χ0) is 20.3. The van der Waals surface area contributed by atoms with Gasteiger partial charge in [0.1, 0.15) is 28.0 Å². The van der Waals surface area contributed by atoms with Gasteiger partial charge in [-0.15, -0.1) is 11.3 Å². The number of methoxy groups -OCH3 is 1. The van der Waals surface area contributed by atoms with Crippen molar-refractivity contribution in [3.05, 3.63) is 56.2 Å². The van der Waals surface area contributed by atoms with Gasteiger partial charge in [0, 0.05) is 12.8 Å². The Morgan fingerprint density at radius 1 is 1.32 bits per heavy atom. The molecular formula is C19H20FN3O4S. The van der Waals surface area contributed by atoms with E-state index in [2.05, 4.69) is 15.3 Å². The third kappa shape index (κ3) is 4.20. The van der Waals surface area contributed by atoms with Gasteiger partial charge in [-0.3, -0.25) is 4.79 Å². The predicted octanol–water partition coefficient (Wildman–Crippen LogP) is 3.16. The van der Waals surface area contributed by atoms with Crippen LogP contribution in [0.4, 0.5) is 10.1 Å². The molecule has 0 saturated carbocycles. The molecule has 1 aromatic carbocycles. The first kappa shape index (κ1) is 20.0. The van der Waals surface area contributed by atoms with E-state index < -0.39 is 5.97 Å². The molecule has 0 atom stereocenters. The first-order valence-electron chi connectivity index (χ1n) is 8.59. The van der Waals surface area contributed by atoms with Gasteiger partial charge in [-0.2, -0.15) is 0 Å². The number of anilines is 1. The largest absolute Gasteiger partial charge is 0.459 e. The number of aromatic nitrogens is 2. The number of carbonyl (C=O) groups excluding carboxylic acids is 1. The quantitative estimate of drug-likeness (QED) is 0.463. The second kappa shape index (κ2) is 8.49. The second-order valence-electron chi connectivity index (χ2n) is 6.20. The summed E-state index contributed by atoms with van der Waals surface area (Å²) in [7, 11) is 1.52. The number of nitrogens with zero attached hydrogens (tertiary/aromatic N) is 1. The van der Waals surface area contributed by atoms with Crippen molar-refractivity contribution >= 4 is 33.2 Å². The zero-order valence-electron chi connectivity index (χ0n) is 15.7. The molecule has 0 aliphatic heterocycles. The number of ether oxygens (including phenoxy) is 2. The van der Waals surface area contributed by atoms with Crippen molar-refractivity contribution in [2.45, 2.75) is 20.4 Å². The Hall–Kier alpha value is -2.78. The SMILES string of the molecule is COCCOC(=O)c1sc2nc(CNc3ccc(C)c(F)c3)[nH]c(=O)c2c1C. The molecule has 0 amide bonds. The Morgan fingerprint density at radius 2 is 2.11 bits per heavy atom. The number of thiophene rings is 1. The van der Waals surface area contributed by atoms with Gasteiger partial charge in [0.05, 0.1) is 18.5 Å². The third-order valence-corrected chi connectivity index (χ3v) is 5.35. The summed E-state index contributed by atoms with van der Waals surface area (Å²) in [6.45, 7) is 4.01. The third-order valence-electron chi connectivity index (χ3n) is 4.19. The number of hydrogen-bond acceptors (Lipinski definition) is 7. The van der Waals surface area contributed by atoms with Gasteiger partial charge in [-0.1, -0.05) is 6.07 Å². The molecule has 0 unspecified atom stereocenters. The van der Waals surface area contributed by atoms with Crippen molar-refractivity contribution < 1.29 is 18.7 Å². The first-order chi connectivity index (χ1) is 13.4. The summed E-state index contributed by atoms with van der Waals surface area (Å²) >= 11 is 1.11. The lowest BCUT2D eigenvalue weighted by atomic mass is 10.2. The maximum Gasteiger partial charge on any atom is 0.348 e. The molecular weight excluding hydrogens is 385 g/mol. The molecule has 0 bridgehead atoms. The fourth-order valence-electron chi connectivity index (χ4n) is 2.64. The molecule has 7 nitrogen and oxygen atoms in total. The average molecular weight is 405 g/mol. The van der Waals surface area contributed by atoms with Crippen LogP contribution in [0.25, 0.3) is 10.2 Å². The maximum absolute atomic E-state index is 13.6. The number of rotatable bonds is 7. The van der Waals surface area contributed by atoms with Crippen LogP contribution < -0.4 is 10.9 Å². The number of carbonyl (C=O) groups is 1. The summed E-state index contributed by atoms with van der Waals surface area (Å²) in [4.78, 5) is 32.6. The van der Waals surface area contributed by atoms with Crippen LogP contribution in [0.5, 0.6) is 0 Å². The number of nitrogens with one attached hydrogen (secondary N) is 2. The molecule has 2 aromatic heterocycles. The van der Waals surface area contributed by atoms with Crippen molar-refractivity contribution in [1.29, 1.82) is 0 Å². The minimum atomic E-state index is -0.508. The summed E-state index contributed by atoms with van der Waals surface area (Å²) in [6, 6.07) is 4.80. The topological polar surface area (TPSA) is 93.3 Å². The molecule has 0 spiro atoms. The van der Waals surface area contributed by atoms with E-state index in [-0.39, 0.29) is 24.5 Å². The van der Waals surface area contributed by atoms with E-state index in [1.54, 1.807) is 26.0 Å². The van der Waals surface area contributed by atoms with Crippen molar-refractivity contribution in [1.82, 2.24) is 9.97 Å². The normalized spacial score (nSPS) is 11.0. The van der Waals surface area contributed by atoms with E-state index in [9.17, 15) is 14.0 Å². The highest BCUT2D eigenvalue weighted by Gasteiger charge is 2.20. The van der Waals surface area contributed by atoms with Crippen LogP contribution in [0.1, 0.15) is 26.6 Å². The molecule has 2 N–H and O–H groups in total. The van der Waals surface area contributed by atoms with Crippen LogP contribution in [-0.2, 0) is 16.0 Å². The number of hydrogen-bond donors (Lipinski definition) is 2. The van der Waals surface area contributed by atoms with Crippen LogP contribution >= 0.6 is 11.3 Å². The van der Waals surface area contributed by atoms with Gasteiger partial charge in [0.2, 0.25) is 0 Å². The fraction of sp³-hybridized carbons (Fsp3) is 0.316. The Morgan fingerprint density at radius 3 is 2.82 bits per heavy atom. The summed E-state index contributed by atoms with van der Waals surface area (Å²) < 4.78 is 23.6. The molecule has 3 rings (SSSR count). The molecule has 9 heteroatoms. The minimum Gasteiger partial charge on any atom is -0.459 e. The van der Waals surface area contributed by atoms with E-state index in [0.29, 0.717) is 44.3 Å². The highest BCUT2D eigenvalue weighted by Crippen LogP contribution is 2.27. The highest BCUT2D eigenvalue weighted by atomic mass is 32.1. The van der Waals surface area contributed by atoms with Gasteiger partial charge in [-0.05, 0) is 37.1 Å². The van der Waals surface area contributed by atoms with Gasteiger partial charge >= 0.3 is 5.97 Å². The van der Waals surface area contributed by atoms with Gasteiger partial charge in [0.25, 0.3) is 5.56 Å². The van der Waals surface area contributed by atoms with Gasteiger partial charge in [-0.25, -0.2) is 14.2 Å². The Kier molecular flexibility index (Phi) is 6.05. The number of aromatic amines is 1. The molecule has 0 radical (unpaired) electrons. The van der Waals surface area contributed by atoms with E-state index in [0.717, 1.165) is 11.3 Å². The number of esters is 1. The Bertz CT molecular complexity index is 1080. The number of aryl methyl sites for hydroxylation is 2. The van der Waals surface area contributed by atoms with Crippen molar-refractivity contribution in [3.63, 3.8) is 0 Å². The molecule has 0 aliphatic carbocycles. The number of fused-ring (bicyclic) bond motifs is 1. The van der Waals surface area contributed by atoms with Crippen molar-refractivity contribution in [3.8, 4) is 0 Å². The summed E-state index contributed by atoms with van der Waals surface area (Å²) in [5.74, 6) is -0.432. The number of benzene rings is 1. The summed E-state index contributed by atoms with van der Waals surface area (Å²) in [5, 5.41) is 3.40. The average Bonchev–Trinajstić information content (AvgIpc) is 3.00. The highest BCUT2D eigenvalue weighted by molar-refractivity contribution is 7.20. The van der Waals surface area contributed by atoms with Crippen LogP contribution in [0.2, 0.25) is 0 Å². The smallest absolute Gasteiger partial charge is 0.348 e. The molecule has 0 saturated heterocycles. The van der Waals surface area contributed by atoms with Gasteiger partial charge < -0.3 is 19.8 Å². The van der Waals surface area contributed by atoms with Crippen LogP contribution in [0.3, 0.4) is 0 Å². The first-order valence-corrected chi connectivity index (χ1v) is 9.40. The van der Waals surface area contributed by atoms with E-state index in [1.165, 1.54) is 13.2 Å². The van der Waals surface area contributed by atoms with Gasteiger partial charge in [0.15, 0.2) is 0 Å². The predicted molar refractivity (Wildman–Crippen MR) is 106 cm³/mol. The van der Waals surface area contributed by atoms with Crippen LogP contribution in [0.15, 0.2) is 23.0 Å². The minimum absolute atomic E-state index is 0.134. The Balaban J connectivity index is 1.82. The van der Waals surface area contributed by atoms with E-state index in [4.69, 9.17) is 9.47 Å². The van der Waals surface area contributed by atoms with E-state index >= 15 is 0 Å². The molecule has 0 aliphatic rings. The lowest BCUT2D eigenvalue weighted by Crippen LogP contribution is -2.14. The second-order valence-corrected chi connectivity index (χ2v) is 7.19. The van der Waals surface area contributed by atoms with Crippen molar-refractivity contribution in [2.24, 2.45) is 0 Å². The molecule has 28 heavy (non-hydrogen) atoms. The number of H-pyrrole nitrogens is 1. The monoisotopic (exact) mass is 405 g/mol. The molecule has 2 heterocycles. The zero-order valence-corrected chi connectivity index (χ0v) is 16.5. The van der Waals surface area contributed by atoms with Crippen LogP contribution in [0, 0.1) is 19.7 Å². The lowest BCUT2D eigenvalue weighted by Gasteiger charge is -2.07. The van der Waals surface area contributed by atoms with Crippen LogP contribution in [-0.4, -0.2) is 36.3 Å². The Labute approximate surface area is 164 Å². The fourth-order valence-corrected chi connectivity index (χ4v) is 3.73. The lowest BCUT2D eigenvalue weighted by molar-refractivity contribution is 0.0393. The maximum atomic E-state index is 13.6. The summed E-state index contributed by atoms with van der Waals surface area (Å²) in [5.41, 5.74) is 1.34. The van der Waals surface area contributed by atoms with E-state index in [1.807, 2.05) is 0 Å². The van der Waals surface area contributed by atoms with Crippen molar-refractivity contribution in [2.75, 3.05) is 25.6 Å². The summed E-state index contributed by atoms with van der Waals surface area (Å²) in [6.07, 6.45) is 0. The standard InChI is InChI=1S/C19H20FN3O4S/c1-10-4-5-12(8-13(10)20)21-9-14-22-17(24)15-11(2)16(28-18(15)23-14)19(25)27-7-6-26-3/h4-5,8,21H,6-7,9H2,1-3H3,(H,22,23,24). The molecule has 3 aromatic rings.